The smallest absolute Gasteiger partial charge is 0.270 e. The third kappa shape index (κ3) is 8.87. The maximum Gasteiger partial charge on any atom is 0.270 e. The summed E-state index contributed by atoms with van der Waals surface area (Å²) in [6.45, 7) is 8.27. The normalized spacial score (nSPS) is 10.7. The first-order valence-electron chi connectivity index (χ1n) is 8.32. The van der Waals surface area contributed by atoms with Gasteiger partial charge in [0.1, 0.15) is 5.69 Å². The summed E-state index contributed by atoms with van der Waals surface area (Å²) in [5.74, 6) is -0.687. The number of aromatic nitrogens is 1. The summed E-state index contributed by atoms with van der Waals surface area (Å²) in [4.78, 5) is 39.1. The van der Waals surface area contributed by atoms with Gasteiger partial charge in [0.15, 0.2) is 0 Å². The topological polar surface area (TPSA) is 100 Å². The standard InChI is InChI=1S/C15H22N4O3.C2H6/c1-3-13(20)18-10-11(9-14(21)16-4-2)19-15(22)12-7-5-6-8-17-12;1-2/h5-8,11H,3-4,9-10H2,1-2H3,(H,16,21)(H,18,20)(H,19,22);1-2H3. The minimum atomic E-state index is -0.489. The van der Waals surface area contributed by atoms with Gasteiger partial charge in [-0.15, -0.1) is 0 Å². The van der Waals surface area contributed by atoms with Gasteiger partial charge in [-0.1, -0.05) is 26.8 Å². The van der Waals surface area contributed by atoms with Crippen molar-refractivity contribution in [3.63, 3.8) is 0 Å². The molecule has 1 aromatic heterocycles. The van der Waals surface area contributed by atoms with E-state index in [1.54, 1.807) is 25.1 Å². The molecule has 0 fully saturated rings. The minimum Gasteiger partial charge on any atom is -0.356 e. The summed E-state index contributed by atoms with van der Waals surface area (Å²) in [6, 6.07) is 4.52. The second-order valence-corrected chi connectivity index (χ2v) is 4.70. The summed E-state index contributed by atoms with van der Waals surface area (Å²) >= 11 is 0. The molecule has 0 aliphatic heterocycles. The van der Waals surface area contributed by atoms with Crippen LogP contribution in [0.3, 0.4) is 0 Å². The third-order valence-electron chi connectivity index (χ3n) is 2.91. The zero-order chi connectivity index (χ0) is 18.4. The van der Waals surface area contributed by atoms with Crippen LogP contribution in [0.4, 0.5) is 0 Å². The fraction of sp³-hybridized carbons (Fsp3) is 0.529. The molecular weight excluding hydrogens is 308 g/mol. The quantitative estimate of drug-likeness (QED) is 0.665. The molecule has 24 heavy (non-hydrogen) atoms. The molecule has 1 heterocycles. The Morgan fingerprint density at radius 1 is 1.08 bits per heavy atom. The summed E-state index contributed by atoms with van der Waals surface area (Å²) < 4.78 is 0. The van der Waals surface area contributed by atoms with Crippen LogP contribution in [0.25, 0.3) is 0 Å². The van der Waals surface area contributed by atoms with Crippen LogP contribution in [-0.4, -0.2) is 41.8 Å². The van der Waals surface area contributed by atoms with Crippen molar-refractivity contribution in [2.75, 3.05) is 13.1 Å². The maximum absolute atomic E-state index is 12.1. The van der Waals surface area contributed by atoms with Crippen LogP contribution in [-0.2, 0) is 9.59 Å². The van der Waals surface area contributed by atoms with E-state index in [9.17, 15) is 14.4 Å². The zero-order valence-corrected chi connectivity index (χ0v) is 14.9. The van der Waals surface area contributed by atoms with Gasteiger partial charge in [0, 0.05) is 32.1 Å². The first-order valence-corrected chi connectivity index (χ1v) is 8.32. The van der Waals surface area contributed by atoms with E-state index < -0.39 is 6.04 Å². The van der Waals surface area contributed by atoms with Gasteiger partial charge in [0.2, 0.25) is 11.8 Å². The van der Waals surface area contributed by atoms with Crippen molar-refractivity contribution in [2.45, 2.75) is 46.6 Å². The van der Waals surface area contributed by atoms with Gasteiger partial charge in [-0.2, -0.15) is 0 Å². The van der Waals surface area contributed by atoms with Gasteiger partial charge in [0.25, 0.3) is 5.91 Å². The largest absolute Gasteiger partial charge is 0.356 e. The fourth-order valence-corrected chi connectivity index (χ4v) is 1.79. The lowest BCUT2D eigenvalue weighted by Gasteiger charge is -2.18. The number of nitrogens with zero attached hydrogens (tertiary/aromatic N) is 1. The Hall–Kier alpha value is -2.44. The number of amides is 3. The molecule has 0 spiro atoms. The molecule has 1 rings (SSSR count). The number of carbonyl (C=O) groups excluding carboxylic acids is 3. The molecule has 3 amide bonds. The first kappa shape index (κ1) is 21.6. The molecule has 134 valence electrons. The average molecular weight is 336 g/mol. The zero-order valence-electron chi connectivity index (χ0n) is 14.9. The van der Waals surface area contributed by atoms with Crippen molar-refractivity contribution in [1.82, 2.24) is 20.9 Å². The number of rotatable bonds is 8. The van der Waals surface area contributed by atoms with E-state index in [4.69, 9.17) is 0 Å². The Balaban J connectivity index is 0.00000254. The molecule has 1 aromatic rings. The van der Waals surface area contributed by atoms with Crippen LogP contribution < -0.4 is 16.0 Å². The predicted octanol–water partition coefficient (Wildman–Crippen LogP) is 1.26. The van der Waals surface area contributed by atoms with Crippen molar-refractivity contribution in [2.24, 2.45) is 0 Å². The van der Waals surface area contributed by atoms with Gasteiger partial charge in [-0.25, -0.2) is 0 Å². The van der Waals surface area contributed by atoms with E-state index in [-0.39, 0.29) is 36.4 Å². The molecule has 0 saturated carbocycles. The third-order valence-corrected chi connectivity index (χ3v) is 2.91. The van der Waals surface area contributed by atoms with Crippen molar-refractivity contribution >= 4 is 17.7 Å². The lowest BCUT2D eigenvalue weighted by molar-refractivity contribution is -0.123. The van der Waals surface area contributed by atoms with Crippen LogP contribution in [0, 0.1) is 0 Å². The molecule has 0 saturated heterocycles. The molecular formula is C17H28N4O3. The summed E-state index contributed by atoms with van der Waals surface area (Å²) in [5, 5.41) is 8.08. The van der Waals surface area contributed by atoms with Crippen molar-refractivity contribution in [3.05, 3.63) is 30.1 Å². The van der Waals surface area contributed by atoms with Crippen LogP contribution in [0.2, 0.25) is 0 Å². The monoisotopic (exact) mass is 336 g/mol. The van der Waals surface area contributed by atoms with E-state index in [2.05, 4.69) is 20.9 Å². The maximum atomic E-state index is 12.1. The Kier molecular flexibility index (Phi) is 11.7. The van der Waals surface area contributed by atoms with Gasteiger partial charge in [0.05, 0.1) is 6.04 Å². The van der Waals surface area contributed by atoms with Gasteiger partial charge in [-0.05, 0) is 19.1 Å². The predicted molar refractivity (Wildman–Crippen MR) is 93.4 cm³/mol. The summed E-state index contributed by atoms with van der Waals surface area (Å²) in [6.07, 6.45) is 1.96. The lowest BCUT2D eigenvalue weighted by atomic mass is 10.1. The van der Waals surface area contributed by atoms with Gasteiger partial charge >= 0.3 is 0 Å². The number of hydrogen-bond acceptors (Lipinski definition) is 4. The number of pyridine rings is 1. The summed E-state index contributed by atoms with van der Waals surface area (Å²) in [5.41, 5.74) is 0.269. The Bertz CT molecular complexity index is 506. The van der Waals surface area contributed by atoms with Crippen LogP contribution in [0.5, 0.6) is 0 Å². The van der Waals surface area contributed by atoms with E-state index in [0.29, 0.717) is 13.0 Å². The molecule has 7 heteroatoms. The minimum absolute atomic E-state index is 0.0937. The van der Waals surface area contributed by atoms with E-state index in [1.165, 1.54) is 6.20 Å². The second-order valence-electron chi connectivity index (χ2n) is 4.70. The molecule has 0 radical (unpaired) electrons. The van der Waals surface area contributed by atoms with E-state index in [1.807, 2.05) is 20.8 Å². The molecule has 1 atom stereocenters. The Morgan fingerprint density at radius 2 is 1.79 bits per heavy atom. The van der Waals surface area contributed by atoms with Crippen molar-refractivity contribution in [3.8, 4) is 0 Å². The average Bonchev–Trinajstić information content (AvgIpc) is 2.62. The fourth-order valence-electron chi connectivity index (χ4n) is 1.79. The first-order chi connectivity index (χ1) is 11.6. The van der Waals surface area contributed by atoms with E-state index in [0.717, 1.165) is 0 Å². The molecule has 0 bridgehead atoms. The lowest BCUT2D eigenvalue weighted by Crippen LogP contribution is -2.46. The van der Waals surface area contributed by atoms with Gasteiger partial charge in [-0.3, -0.25) is 19.4 Å². The van der Waals surface area contributed by atoms with Crippen LogP contribution in [0.15, 0.2) is 24.4 Å². The van der Waals surface area contributed by atoms with E-state index >= 15 is 0 Å². The van der Waals surface area contributed by atoms with Crippen LogP contribution in [0.1, 0.15) is 51.0 Å². The van der Waals surface area contributed by atoms with Crippen molar-refractivity contribution < 1.29 is 14.4 Å². The number of nitrogens with one attached hydrogen (secondary N) is 3. The molecule has 0 aliphatic carbocycles. The number of hydrogen-bond donors (Lipinski definition) is 3. The SMILES string of the molecule is CC.CCNC(=O)CC(CNC(=O)CC)NC(=O)c1ccccn1. The van der Waals surface area contributed by atoms with Gasteiger partial charge < -0.3 is 16.0 Å². The highest BCUT2D eigenvalue weighted by molar-refractivity contribution is 5.92. The van der Waals surface area contributed by atoms with Crippen LogP contribution >= 0.6 is 0 Å². The second kappa shape index (κ2) is 13.0. The molecule has 7 nitrogen and oxygen atoms in total. The molecule has 0 aliphatic rings. The Labute approximate surface area is 143 Å². The highest BCUT2D eigenvalue weighted by Crippen LogP contribution is 1.98. The number of carbonyl (C=O) groups is 3. The summed E-state index contributed by atoms with van der Waals surface area (Å²) in [7, 11) is 0. The molecule has 0 aromatic carbocycles. The highest BCUT2D eigenvalue weighted by atomic mass is 16.2. The molecule has 3 N–H and O–H groups in total. The van der Waals surface area contributed by atoms with Crippen molar-refractivity contribution in [1.29, 1.82) is 0 Å². The molecule has 1 unspecified atom stereocenters. The Morgan fingerprint density at radius 3 is 2.33 bits per heavy atom. The highest BCUT2D eigenvalue weighted by Gasteiger charge is 2.18.